The van der Waals surface area contributed by atoms with Gasteiger partial charge in [-0.15, -0.1) is 0 Å². The number of hydrogen-bond donors (Lipinski definition) is 2. The first kappa shape index (κ1) is 13.9. The molecule has 0 aliphatic heterocycles. The molecule has 0 aromatic heterocycles. The summed E-state index contributed by atoms with van der Waals surface area (Å²) in [5.41, 5.74) is 8.16. The van der Waals surface area contributed by atoms with Gasteiger partial charge in [0.05, 0.1) is 0 Å². The van der Waals surface area contributed by atoms with E-state index in [0.29, 0.717) is 17.3 Å². The standard InChI is InChI=1S/C16H24N2O/c1-12-9-13(11-14(17)10-12)16(19)18-15-7-5-3-2-4-6-8-15/h9-11,15H,2-8,17H2,1H3,(H,18,19). The third-order valence-electron chi connectivity index (χ3n) is 3.80. The molecule has 1 fully saturated rings. The average Bonchev–Trinajstić information content (AvgIpc) is 2.31. The molecule has 0 atom stereocenters. The van der Waals surface area contributed by atoms with Gasteiger partial charge in [-0.25, -0.2) is 0 Å². The predicted octanol–water partition coefficient (Wildman–Crippen LogP) is 3.42. The van der Waals surface area contributed by atoms with Gasteiger partial charge in [0.25, 0.3) is 5.91 Å². The molecular formula is C16H24N2O. The number of hydrogen-bond acceptors (Lipinski definition) is 2. The first-order chi connectivity index (χ1) is 9.15. The van der Waals surface area contributed by atoms with Crippen molar-refractivity contribution in [3.8, 4) is 0 Å². The molecule has 0 bridgehead atoms. The van der Waals surface area contributed by atoms with Crippen LogP contribution in [-0.4, -0.2) is 11.9 Å². The molecule has 0 unspecified atom stereocenters. The van der Waals surface area contributed by atoms with Gasteiger partial charge in [-0.2, -0.15) is 0 Å². The van der Waals surface area contributed by atoms with Crippen LogP contribution in [0, 0.1) is 6.92 Å². The maximum absolute atomic E-state index is 12.2. The zero-order chi connectivity index (χ0) is 13.7. The highest BCUT2D eigenvalue weighted by molar-refractivity contribution is 5.95. The Kier molecular flexibility index (Phi) is 4.83. The van der Waals surface area contributed by atoms with Gasteiger partial charge < -0.3 is 11.1 Å². The van der Waals surface area contributed by atoms with E-state index in [1.807, 2.05) is 19.1 Å². The molecule has 0 saturated heterocycles. The van der Waals surface area contributed by atoms with Crippen LogP contribution in [0.5, 0.6) is 0 Å². The minimum atomic E-state index is 0.0148. The Balaban J connectivity index is 1.98. The van der Waals surface area contributed by atoms with E-state index in [2.05, 4.69) is 5.32 Å². The van der Waals surface area contributed by atoms with Gasteiger partial charge in [-0.1, -0.05) is 32.1 Å². The van der Waals surface area contributed by atoms with Crippen molar-refractivity contribution >= 4 is 11.6 Å². The van der Waals surface area contributed by atoms with Crippen LogP contribution in [0.25, 0.3) is 0 Å². The van der Waals surface area contributed by atoms with Crippen molar-refractivity contribution < 1.29 is 4.79 Å². The lowest BCUT2D eigenvalue weighted by Crippen LogP contribution is -2.35. The lowest BCUT2D eigenvalue weighted by Gasteiger charge is -2.21. The second-order valence-electron chi connectivity index (χ2n) is 5.65. The number of nitrogens with one attached hydrogen (secondary N) is 1. The van der Waals surface area contributed by atoms with Crippen LogP contribution in [0.1, 0.15) is 60.9 Å². The van der Waals surface area contributed by atoms with Crippen molar-refractivity contribution in [1.29, 1.82) is 0 Å². The Bertz CT molecular complexity index is 414. The first-order valence-corrected chi connectivity index (χ1v) is 7.33. The Labute approximate surface area is 115 Å². The molecule has 1 saturated carbocycles. The van der Waals surface area contributed by atoms with Crippen LogP contribution >= 0.6 is 0 Å². The highest BCUT2D eigenvalue weighted by Crippen LogP contribution is 2.18. The largest absolute Gasteiger partial charge is 0.399 e. The topological polar surface area (TPSA) is 55.1 Å². The summed E-state index contributed by atoms with van der Waals surface area (Å²) in [7, 11) is 0. The zero-order valence-electron chi connectivity index (χ0n) is 11.7. The van der Waals surface area contributed by atoms with E-state index in [9.17, 15) is 4.79 Å². The van der Waals surface area contributed by atoms with Gasteiger partial charge in [-0.3, -0.25) is 4.79 Å². The van der Waals surface area contributed by atoms with E-state index in [-0.39, 0.29) is 5.91 Å². The Morgan fingerprint density at radius 3 is 2.37 bits per heavy atom. The van der Waals surface area contributed by atoms with E-state index in [0.717, 1.165) is 18.4 Å². The van der Waals surface area contributed by atoms with Gasteiger partial charge in [-0.05, 0) is 43.5 Å². The monoisotopic (exact) mass is 260 g/mol. The summed E-state index contributed by atoms with van der Waals surface area (Å²) in [6.07, 6.45) is 8.59. The number of anilines is 1. The van der Waals surface area contributed by atoms with Gasteiger partial charge >= 0.3 is 0 Å². The highest BCUT2D eigenvalue weighted by Gasteiger charge is 2.15. The number of rotatable bonds is 2. The smallest absolute Gasteiger partial charge is 0.251 e. The van der Waals surface area contributed by atoms with E-state index >= 15 is 0 Å². The third kappa shape index (κ3) is 4.27. The number of benzene rings is 1. The summed E-state index contributed by atoms with van der Waals surface area (Å²) in [6, 6.07) is 5.86. The lowest BCUT2D eigenvalue weighted by molar-refractivity contribution is 0.0930. The number of carbonyl (C=O) groups is 1. The summed E-state index contributed by atoms with van der Waals surface area (Å²) >= 11 is 0. The van der Waals surface area contributed by atoms with Crippen molar-refractivity contribution in [1.82, 2.24) is 5.32 Å². The fraction of sp³-hybridized carbons (Fsp3) is 0.562. The molecule has 3 N–H and O–H groups in total. The zero-order valence-corrected chi connectivity index (χ0v) is 11.7. The van der Waals surface area contributed by atoms with Gasteiger partial charge in [0.1, 0.15) is 0 Å². The minimum absolute atomic E-state index is 0.0148. The SMILES string of the molecule is Cc1cc(N)cc(C(=O)NC2CCCCCCC2)c1. The molecule has 0 heterocycles. The molecule has 0 spiro atoms. The summed E-state index contributed by atoms with van der Waals surface area (Å²) in [5.74, 6) is 0.0148. The Morgan fingerprint density at radius 2 is 1.74 bits per heavy atom. The number of nitrogen functional groups attached to an aromatic ring is 1. The molecule has 0 radical (unpaired) electrons. The normalized spacial score (nSPS) is 17.5. The van der Waals surface area contributed by atoms with Crippen molar-refractivity contribution in [2.24, 2.45) is 0 Å². The molecule has 1 amide bonds. The molecule has 3 nitrogen and oxygen atoms in total. The van der Waals surface area contributed by atoms with Gasteiger partial charge in [0, 0.05) is 17.3 Å². The highest BCUT2D eigenvalue weighted by atomic mass is 16.1. The van der Waals surface area contributed by atoms with Crippen LogP contribution in [0.2, 0.25) is 0 Å². The van der Waals surface area contributed by atoms with E-state index in [4.69, 9.17) is 5.73 Å². The Morgan fingerprint density at radius 1 is 1.11 bits per heavy atom. The maximum Gasteiger partial charge on any atom is 0.251 e. The van der Waals surface area contributed by atoms with Gasteiger partial charge in [0.15, 0.2) is 0 Å². The van der Waals surface area contributed by atoms with Gasteiger partial charge in [0.2, 0.25) is 0 Å². The molecular weight excluding hydrogens is 236 g/mol. The summed E-state index contributed by atoms with van der Waals surface area (Å²) in [5, 5.41) is 3.16. The fourth-order valence-electron chi connectivity index (χ4n) is 2.81. The van der Waals surface area contributed by atoms with Crippen molar-refractivity contribution in [2.45, 2.75) is 57.9 Å². The molecule has 1 aliphatic rings. The maximum atomic E-state index is 12.2. The third-order valence-corrected chi connectivity index (χ3v) is 3.80. The van der Waals surface area contributed by atoms with Crippen LogP contribution < -0.4 is 11.1 Å². The van der Waals surface area contributed by atoms with Crippen LogP contribution in [-0.2, 0) is 0 Å². The molecule has 19 heavy (non-hydrogen) atoms. The lowest BCUT2D eigenvalue weighted by atomic mass is 9.96. The van der Waals surface area contributed by atoms with E-state index < -0.39 is 0 Å². The molecule has 1 aliphatic carbocycles. The molecule has 3 heteroatoms. The molecule has 2 rings (SSSR count). The summed E-state index contributed by atoms with van der Waals surface area (Å²) in [4.78, 5) is 12.2. The number of carbonyl (C=O) groups excluding carboxylic acids is 1. The van der Waals surface area contributed by atoms with E-state index in [1.165, 1.54) is 32.1 Å². The van der Waals surface area contributed by atoms with Crippen LogP contribution in [0.3, 0.4) is 0 Å². The second kappa shape index (κ2) is 6.60. The number of amides is 1. The average molecular weight is 260 g/mol. The van der Waals surface area contributed by atoms with E-state index in [1.54, 1.807) is 6.07 Å². The van der Waals surface area contributed by atoms with Crippen LogP contribution in [0.4, 0.5) is 5.69 Å². The summed E-state index contributed by atoms with van der Waals surface area (Å²) < 4.78 is 0. The first-order valence-electron chi connectivity index (χ1n) is 7.33. The number of nitrogens with two attached hydrogens (primary N) is 1. The van der Waals surface area contributed by atoms with Crippen molar-refractivity contribution in [3.63, 3.8) is 0 Å². The molecule has 104 valence electrons. The van der Waals surface area contributed by atoms with Crippen molar-refractivity contribution in [3.05, 3.63) is 29.3 Å². The second-order valence-corrected chi connectivity index (χ2v) is 5.65. The van der Waals surface area contributed by atoms with Crippen molar-refractivity contribution in [2.75, 3.05) is 5.73 Å². The quantitative estimate of drug-likeness (QED) is 0.800. The van der Waals surface area contributed by atoms with Crippen LogP contribution in [0.15, 0.2) is 18.2 Å². The Hall–Kier alpha value is -1.51. The minimum Gasteiger partial charge on any atom is -0.399 e. The fourth-order valence-corrected chi connectivity index (χ4v) is 2.81. The predicted molar refractivity (Wildman–Crippen MR) is 79.2 cm³/mol. The summed E-state index contributed by atoms with van der Waals surface area (Å²) in [6.45, 7) is 1.96. The number of aryl methyl sites for hydroxylation is 1. The molecule has 1 aromatic rings. The molecule has 1 aromatic carbocycles.